The number of halogens is 2. The van der Waals surface area contributed by atoms with Crippen LogP contribution in [0.5, 0.6) is 11.5 Å². The van der Waals surface area contributed by atoms with Crippen molar-refractivity contribution in [1.82, 2.24) is 4.90 Å². The third-order valence-corrected chi connectivity index (χ3v) is 5.56. The fourth-order valence-corrected chi connectivity index (χ4v) is 3.72. The van der Waals surface area contributed by atoms with Gasteiger partial charge in [0.1, 0.15) is 12.4 Å². The third kappa shape index (κ3) is 5.16. The van der Waals surface area contributed by atoms with Crippen molar-refractivity contribution in [2.24, 2.45) is 0 Å². The lowest BCUT2D eigenvalue weighted by atomic mass is 9.96. The van der Waals surface area contributed by atoms with Crippen molar-refractivity contribution in [2.45, 2.75) is 38.3 Å². The molecule has 1 heterocycles. The van der Waals surface area contributed by atoms with Crippen LogP contribution in [0.15, 0.2) is 36.4 Å². The summed E-state index contributed by atoms with van der Waals surface area (Å²) in [6.07, 6.45) is 2.00. The van der Waals surface area contributed by atoms with Crippen molar-refractivity contribution in [3.05, 3.63) is 58.4 Å². The highest BCUT2D eigenvalue weighted by atomic mass is 35.5. The van der Waals surface area contributed by atoms with Gasteiger partial charge in [-0.05, 0) is 56.5 Å². The van der Waals surface area contributed by atoms with E-state index in [1.165, 1.54) is 7.11 Å². The summed E-state index contributed by atoms with van der Waals surface area (Å²) in [4.78, 5) is 2.16. The van der Waals surface area contributed by atoms with E-state index in [0.29, 0.717) is 42.3 Å². The Labute approximate surface area is 170 Å². The minimum Gasteiger partial charge on any atom is -0.494 e. The summed E-state index contributed by atoms with van der Waals surface area (Å²) in [6.45, 7) is 4.11. The van der Waals surface area contributed by atoms with Crippen LogP contribution in [0.3, 0.4) is 0 Å². The number of rotatable bonds is 6. The zero-order chi connectivity index (χ0) is 20.1. The van der Waals surface area contributed by atoms with Gasteiger partial charge in [0.15, 0.2) is 11.6 Å². The normalized spacial score (nSPS) is 20.6. The molecule has 0 aliphatic carbocycles. The highest BCUT2D eigenvalue weighted by molar-refractivity contribution is 6.32. The predicted molar refractivity (Wildman–Crippen MR) is 109 cm³/mol. The van der Waals surface area contributed by atoms with Gasteiger partial charge in [0.25, 0.3) is 0 Å². The molecule has 0 saturated carbocycles. The van der Waals surface area contributed by atoms with Gasteiger partial charge in [-0.3, -0.25) is 4.90 Å². The highest BCUT2D eigenvalue weighted by Crippen LogP contribution is 2.29. The Morgan fingerprint density at radius 2 is 2.00 bits per heavy atom. The number of hydrogen-bond donors (Lipinski definition) is 1. The Morgan fingerprint density at radius 3 is 2.79 bits per heavy atom. The van der Waals surface area contributed by atoms with Crippen LogP contribution >= 0.6 is 11.6 Å². The first-order chi connectivity index (χ1) is 13.4. The van der Waals surface area contributed by atoms with E-state index in [0.717, 1.165) is 18.5 Å². The second-order valence-electron chi connectivity index (χ2n) is 7.51. The topological polar surface area (TPSA) is 41.9 Å². The summed E-state index contributed by atoms with van der Waals surface area (Å²) < 4.78 is 25.3. The summed E-state index contributed by atoms with van der Waals surface area (Å²) in [7, 11) is 1.47. The minimum atomic E-state index is -0.922. The Kier molecular flexibility index (Phi) is 6.81. The summed E-state index contributed by atoms with van der Waals surface area (Å²) in [6, 6.07) is 10.8. The molecule has 0 bridgehead atoms. The molecule has 1 unspecified atom stereocenters. The number of aryl methyl sites for hydroxylation is 1. The SMILES string of the molecule is COc1cccc(CN2CCCC(O)(COc3cc(C)ccc3Cl)CC2)c1F. The average Bonchev–Trinajstić information content (AvgIpc) is 2.86. The fraction of sp³-hybridized carbons (Fsp3) is 0.455. The van der Waals surface area contributed by atoms with Crippen molar-refractivity contribution in [2.75, 3.05) is 26.8 Å². The Balaban J connectivity index is 1.60. The van der Waals surface area contributed by atoms with Crippen LogP contribution in [0.4, 0.5) is 4.39 Å². The van der Waals surface area contributed by atoms with Gasteiger partial charge in [-0.15, -0.1) is 0 Å². The molecule has 0 amide bonds. The molecule has 0 spiro atoms. The molecular formula is C22H27ClFNO3. The van der Waals surface area contributed by atoms with Gasteiger partial charge in [-0.2, -0.15) is 0 Å². The third-order valence-electron chi connectivity index (χ3n) is 5.25. The van der Waals surface area contributed by atoms with E-state index in [1.807, 2.05) is 19.1 Å². The van der Waals surface area contributed by atoms with Crippen molar-refractivity contribution < 1.29 is 19.0 Å². The lowest BCUT2D eigenvalue weighted by molar-refractivity contribution is -0.0168. The minimum absolute atomic E-state index is 0.192. The molecule has 1 aliphatic rings. The van der Waals surface area contributed by atoms with E-state index in [1.54, 1.807) is 24.3 Å². The molecule has 3 rings (SSSR count). The van der Waals surface area contributed by atoms with Crippen LogP contribution in [0.25, 0.3) is 0 Å². The molecule has 1 N–H and O–H groups in total. The lowest BCUT2D eigenvalue weighted by Gasteiger charge is -2.27. The molecule has 1 aliphatic heterocycles. The largest absolute Gasteiger partial charge is 0.494 e. The quantitative estimate of drug-likeness (QED) is 0.760. The van der Waals surface area contributed by atoms with Gasteiger partial charge in [-0.25, -0.2) is 4.39 Å². The van der Waals surface area contributed by atoms with Gasteiger partial charge >= 0.3 is 0 Å². The van der Waals surface area contributed by atoms with Crippen LogP contribution in [-0.2, 0) is 6.54 Å². The van der Waals surface area contributed by atoms with Crippen LogP contribution in [-0.4, -0.2) is 42.4 Å². The monoisotopic (exact) mass is 407 g/mol. The van der Waals surface area contributed by atoms with Crippen LogP contribution in [0.2, 0.25) is 5.02 Å². The number of ether oxygens (including phenoxy) is 2. The molecule has 0 aromatic heterocycles. The molecule has 2 aromatic carbocycles. The van der Waals surface area contributed by atoms with Crippen LogP contribution in [0.1, 0.15) is 30.4 Å². The second-order valence-corrected chi connectivity index (χ2v) is 7.92. The number of benzene rings is 2. The average molecular weight is 408 g/mol. The van der Waals surface area contributed by atoms with E-state index in [4.69, 9.17) is 21.1 Å². The first-order valence-corrected chi connectivity index (χ1v) is 9.93. The Morgan fingerprint density at radius 1 is 1.18 bits per heavy atom. The maximum Gasteiger partial charge on any atom is 0.169 e. The summed E-state index contributed by atoms with van der Waals surface area (Å²) in [5, 5.41) is 11.5. The van der Waals surface area contributed by atoms with E-state index >= 15 is 0 Å². The maximum absolute atomic E-state index is 14.4. The molecular weight excluding hydrogens is 381 g/mol. The number of aliphatic hydroxyl groups is 1. The lowest BCUT2D eigenvalue weighted by Crippen LogP contribution is -2.37. The molecule has 2 aromatic rings. The van der Waals surface area contributed by atoms with Crippen LogP contribution in [0, 0.1) is 12.7 Å². The molecule has 0 radical (unpaired) electrons. The second kappa shape index (κ2) is 9.12. The van der Waals surface area contributed by atoms with Gasteiger partial charge in [0, 0.05) is 18.7 Å². The summed E-state index contributed by atoms with van der Waals surface area (Å²) in [5.41, 5.74) is 0.737. The first kappa shape index (κ1) is 20.9. The zero-order valence-corrected chi connectivity index (χ0v) is 17.1. The summed E-state index contributed by atoms with van der Waals surface area (Å²) in [5.74, 6) is 0.531. The molecule has 28 heavy (non-hydrogen) atoms. The summed E-state index contributed by atoms with van der Waals surface area (Å²) >= 11 is 6.18. The molecule has 6 heteroatoms. The Bertz CT molecular complexity index is 816. The Hall–Kier alpha value is -1.82. The van der Waals surface area contributed by atoms with Gasteiger partial charge in [-0.1, -0.05) is 29.8 Å². The number of nitrogens with zero attached hydrogens (tertiary/aromatic N) is 1. The number of methoxy groups -OCH3 is 1. The fourth-order valence-electron chi connectivity index (χ4n) is 3.55. The molecule has 1 saturated heterocycles. The van der Waals surface area contributed by atoms with Crippen molar-refractivity contribution in [3.8, 4) is 11.5 Å². The van der Waals surface area contributed by atoms with Gasteiger partial charge in [0.05, 0.1) is 17.7 Å². The van der Waals surface area contributed by atoms with E-state index in [9.17, 15) is 9.50 Å². The smallest absolute Gasteiger partial charge is 0.169 e. The van der Waals surface area contributed by atoms with Gasteiger partial charge in [0.2, 0.25) is 0 Å². The molecule has 4 nitrogen and oxygen atoms in total. The van der Waals surface area contributed by atoms with E-state index in [-0.39, 0.29) is 18.2 Å². The highest BCUT2D eigenvalue weighted by Gasteiger charge is 2.31. The zero-order valence-electron chi connectivity index (χ0n) is 16.4. The maximum atomic E-state index is 14.4. The molecule has 152 valence electrons. The van der Waals surface area contributed by atoms with Crippen LogP contribution < -0.4 is 9.47 Å². The molecule has 1 atom stereocenters. The number of likely N-dealkylation sites (tertiary alicyclic amines) is 1. The van der Waals surface area contributed by atoms with Gasteiger partial charge < -0.3 is 14.6 Å². The van der Waals surface area contributed by atoms with Crippen molar-refractivity contribution in [1.29, 1.82) is 0 Å². The van der Waals surface area contributed by atoms with E-state index in [2.05, 4.69) is 4.90 Å². The predicted octanol–water partition coefficient (Wildman–Crippen LogP) is 4.59. The first-order valence-electron chi connectivity index (χ1n) is 9.55. The number of hydrogen-bond acceptors (Lipinski definition) is 4. The molecule has 1 fully saturated rings. The van der Waals surface area contributed by atoms with E-state index < -0.39 is 5.60 Å². The standard InChI is InChI=1S/C22H27ClFNO3/c1-16-7-8-18(23)20(13-16)28-15-22(26)9-4-11-25(12-10-22)14-17-5-3-6-19(27-2)21(17)24/h3,5-8,13,26H,4,9-12,14-15H2,1-2H3. The van der Waals surface area contributed by atoms with Crippen molar-refractivity contribution in [3.63, 3.8) is 0 Å². The van der Waals surface area contributed by atoms with Crippen molar-refractivity contribution >= 4 is 11.6 Å².